The summed E-state index contributed by atoms with van der Waals surface area (Å²) in [5.41, 5.74) is 0. The summed E-state index contributed by atoms with van der Waals surface area (Å²) in [6, 6.07) is 3.18. The van der Waals surface area contributed by atoms with E-state index in [1.807, 2.05) is 0 Å². The van der Waals surface area contributed by atoms with Crippen molar-refractivity contribution in [3.63, 3.8) is 0 Å². The molecule has 18 heavy (non-hydrogen) atoms. The van der Waals surface area contributed by atoms with Crippen molar-refractivity contribution in [2.24, 2.45) is 0 Å². The third-order valence-corrected chi connectivity index (χ3v) is 3.75. The van der Waals surface area contributed by atoms with Crippen LogP contribution in [0.5, 0.6) is 0 Å². The number of likely N-dealkylation sites (N-methyl/N-ethyl adjacent to an activating group) is 1. The largest absolute Gasteiger partial charge is 0.477 e. The number of aromatic carboxylic acids is 1. The van der Waals surface area contributed by atoms with Crippen LogP contribution in [-0.2, 0) is 16.1 Å². The van der Waals surface area contributed by atoms with Gasteiger partial charge in [-0.2, -0.15) is 0 Å². The standard InChI is InChI=1S/C11H12N2O4S/c1-12-5-10(15)13(6-9(12)14)4-7-2-3-8(18-7)11(16)17/h2-3H,4-6H2,1H3,(H,16,17). The van der Waals surface area contributed by atoms with Crippen LogP contribution in [0.4, 0.5) is 0 Å². The molecule has 0 saturated carbocycles. The maximum atomic E-state index is 11.7. The highest BCUT2D eigenvalue weighted by atomic mass is 32.1. The van der Waals surface area contributed by atoms with E-state index in [1.54, 1.807) is 13.1 Å². The maximum absolute atomic E-state index is 11.7. The van der Waals surface area contributed by atoms with E-state index in [0.717, 1.165) is 16.2 Å². The average Bonchev–Trinajstić information content (AvgIpc) is 2.74. The molecule has 1 N–H and O–H groups in total. The van der Waals surface area contributed by atoms with E-state index in [4.69, 9.17) is 5.11 Å². The van der Waals surface area contributed by atoms with Gasteiger partial charge in [0.1, 0.15) is 11.4 Å². The SMILES string of the molecule is CN1CC(=O)N(Cc2ccc(C(=O)O)s2)CC1=O. The van der Waals surface area contributed by atoms with Gasteiger partial charge in [0, 0.05) is 11.9 Å². The van der Waals surface area contributed by atoms with Gasteiger partial charge in [-0.05, 0) is 12.1 Å². The lowest BCUT2D eigenvalue weighted by Gasteiger charge is -2.31. The Hall–Kier alpha value is -1.89. The first kappa shape index (κ1) is 12.6. The predicted molar refractivity (Wildman–Crippen MR) is 64.3 cm³/mol. The summed E-state index contributed by atoms with van der Waals surface area (Å²) in [4.78, 5) is 37.8. The molecule has 0 atom stereocenters. The number of hydrogen-bond donors (Lipinski definition) is 1. The first-order chi connectivity index (χ1) is 8.47. The molecule has 2 heterocycles. The second-order valence-electron chi connectivity index (χ2n) is 4.07. The van der Waals surface area contributed by atoms with Crippen molar-refractivity contribution in [2.75, 3.05) is 20.1 Å². The van der Waals surface area contributed by atoms with Gasteiger partial charge in [-0.1, -0.05) is 0 Å². The van der Waals surface area contributed by atoms with Crippen molar-refractivity contribution >= 4 is 29.1 Å². The van der Waals surface area contributed by atoms with Gasteiger partial charge in [0.25, 0.3) is 0 Å². The lowest BCUT2D eigenvalue weighted by Crippen LogP contribution is -2.51. The Morgan fingerprint density at radius 3 is 2.67 bits per heavy atom. The predicted octanol–water partition coefficient (Wildman–Crippen LogP) is 0.247. The van der Waals surface area contributed by atoms with Gasteiger partial charge < -0.3 is 14.9 Å². The maximum Gasteiger partial charge on any atom is 0.345 e. The Balaban J connectivity index is 2.06. The summed E-state index contributed by atoms with van der Waals surface area (Å²) in [6.45, 7) is 0.419. The summed E-state index contributed by atoms with van der Waals surface area (Å²) in [7, 11) is 1.59. The Bertz CT molecular complexity index is 511. The van der Waals surface area contributed by atoms with Gasteiger partial charge in [-0.3, -0.25) is 9.59 Å². The lowest BCUT2D eigenvalue weighted by atomic mass is 10.3. The molecule has 0 aliphatic carbocycles. The molecular weight excluding hydrogens is 256 g/mol. The second-order valence-corrected chi connectivity index (χ2v) is 5.24. The quantitative estimate of drug-likeness (QED) is 0.852. The van der Waals surface area contributed by atoms with Crippen LogP contribution in [0.25, 0.3) is 0 Å². The van der Waals surface area contributed by atoms with Crippen molar-refractivity contribution < 1.29 is 19.5 Å². The van der Waals surface area contributed by atoms with E-state index < -0.39 is 5.97 Å². The molecule has 1 saturated heterocycles. The number of rotatable bonds is 3. The number of piperazine rings is 1. The van der Waals surface area contributed by atoms with Crippen LogP contribution >= 0.6 is 11.3 Å². The molecule has 0 bridgehead atoms. The summed E-state index contributed by atoms with van der Waals surface area (Å²) >= 11 is 1.12. The zero-order valence-electron chi connectivity index (χ0n) is 9.75. The van der Waals surface area contributed by atoms with E-state index >= 15 is 0 Å². The molecule has 0 aromatic carbocycles. The molecule has 2 rings (SSSR count). The van der Waals surface area contributed by atoms with Gasteiger partial charge in [0.2, 0.25) is 11.8 Å². The Morgan fingerprint density at radius 2 is 2.06 bits per heavy atom. The number of nitrogens with zero attached hydrogens (tertiary/aromatic N) is 2. The van der Waals surface area contributed by atoms with E-state index in [9.17, 15) is 14.4 Å². The van der Waals surface area contributed by atoms with Crippen molar-refractivity contribution in [1.29, 1.82) is 0 Å². The Morgan fingerprint density at radius 1 is 1.33 bits per heavy atom. The first-order valence-electron chi connectivity index (χ1n) is 5.31. The van der Waals surface area contributed by atoms with Crippen LogP contribution in [-0.4, -0.2) is 52.8 Å². The van der Waals surface area contributed by atoms with E-state index in [-0.39, 0.29) is 36.3 Å². The van der Waals surface area contributed by atoms with Crippen LogP contribution in [0.1, 0.15) is 14.5 Å². The lowest BCUT2D eigenvalue weighted by molar-refractivity contribution is -0.149. The number of hydrogen-bond acceptors (Lipinski definition) is 4. The highest BCUT2D eigenvalue weighted by molar-refractivity contribution is 7.13. The topological polar surface area (TPSA) is 77.9 Å². The van der Waals surface area contributed by atoms with E-state index in [0.29, 0.717) is 0 Å². The minimum Gasteiger partial charge on any atom is -0.477 e. The van der Waals surface area contributed by atoms with Gasteiger partial charge in [0.15, 0.2) is 0 Å². The number of thiophene rings is 1. The number of carboxylic acid groups (broad SMARTS) is 1. The van der Waals surface area contributed by atoms with Gasteiger partial charge in [0.05, 0.1) is 13.1 Å². The number of carboxylic acids is 1. The summed E-state index contributed by atoms with van der Waals surface area (Å²) in [5.74, 6) is -1.21. The third-order valence-electron chi connectivity index (χ3n) is 2.70. The number of amides is 2. The number of carbonyl (C=O) groups is 3. The first-order valence-corrected chi connectivity index (χ1v) is 6.13. The highest BCUT2D eigenvalue weighted by Gasteiger charge is 2.27. The van der Waals surface area contributed by atoms with Gasteiger partial charge in [-0.25, -0.2) is 4.79 Å². The minimum absolute atomic E-state index is 0.0512. The molecule has 1 aromatic rings. The second kappa shape index (κ2) is 4.77. The third kappa shape index (κ3) is 2.51. The fourth-order valence-electron chi connectivity index (χ4n) is 1.67. The normalized spacial score (nSPS) is 16.3. The van der Waals surface area contributed by atoms with Crippen LogP contribution in [0.15, 0.2) is 12.1 Å². The molecule has 1 aliphatic heterocycles. The Labute approximate surface area is 107 Å². The smallest absolute Gasteiger partial charge is 0.345 e. The molecule has 1 aromatic heterocycles. The summed E-state index contributed by atoms with van der Waals surface area (Å²) in [5, 5.41) is 8.80. The van der Waals surface area contributed by atoms with Crippen LogP contribution in [0, 0.1) is 0 Å². The van der Waals surface area contributed by atoms with Crippen LogP contribution < -0.4 is 0 Å². The molecule has 96 valence electrons. The molecule has 0 radical (unpaired) electrons. The van der Waals surface area contributed by atoms with Crippen molar-refractivity contribution in [3.05, 3.63) is 21.9 Å². The fraction of sp³-hybridized carbons (Fsp3) is 0.364. The molecule has 7 heteroatoms. The molecule has 6 nitrogen and oxygen atoms in total. The summed E-state index contributed by atoms with van der Waals surface area (Å²) < 4.78 is 0. The molecule has 2 amide bonds. The molecule has 0 unspecified atom stereocenters. The van der Waals surface area contributed by atoms with Crippen molar-refractivity contribution in [2.45, 2.75) is 6.54 Å². The van der Waals surface area contributed by atoms with Crippen LogP contribution in [0.2, 0.25) is 0 Å². The zero-order valence-corrected chi connectivity index (χ0v) is 10.6. The Kier molecular flexibility index (Phi) is 3.33. The number of carbonyl (C=O) groups excluding carboxylic acids is 2. The minimum atomic E-state index is -0.980. The molecular formula is C11H12N2O4S. The summed E-state index contributed by atoms with van der Waals surface area (Å²) in [6.07, 6.45) is 0. The average molecular weight is 268 g/mol. The van der Waals surface area contributed by atoms with Crippen LogP contribution in [0.3, 0.4) is 0 Å². The highest BCUT2D eigenvalue weighted by Crippen LogP contribution is 2.19. The van der Waals surface area contributed by atoms with Gasteiger partial charge >= 0.3 is 5.97 Å². The monoisotopic (exact) mass is 268 g/mol. The molecule has 1 fully saturated rings. The fourth-order valence-corrected chi connectivity index (χ4v) is 2.54. The zero-order chi connectivity index (χ0) is 13.3. The molecule has 0 spiro atoms. The van der Waals surface area contributed by atoms with Gasteiger partial charge in [-0.15, -0.1) is 11.3 Å². The van der Waals surface area contributed by atoms with Crippen molar-refractivity contribution in [1.82, 2.24) is 9.80 Å². The van der Waals surface area contributed by atoms with E-state index in [1.165, 1.54) is 15.9 Å². The van der Waals surface area contributed by atoms with E-state index in [2.05, 4.69) is 0 Å². The van der Waals surface area contributed by atoms with Crippen molar-refractivity contribution in [3.8, 4) is 0 Å². The molecule has 1 aliphatic rings.